The first-order valence-electron chi connectivity index (χ1n) is 11.3. The Morgan fingerprint density at radius 2 is 1.69 bits per heavy atom. The van der Waals surface area contributed by atoms with E-state index >= 15 is 0 Å². The number of nitrogens with zero attached hydrogens (tertiary/aromatic N) is 5. The van der Waals surface area contributed by atoms with Crippen molar-refractivity contribution in [1.82, 2.24) is 25.0 Å². The third-order valence-electron chi connectivity index (χ3n) is 5.50. The molecule has 0 radical (unpaired) electrons. The highest BCUT2D eigenvalue weighted by Gasteiger charge is 2.22. The molecule has 0 bridgehead atoms. The Balaban J connectivity index is 1.40. The molecule has 5 aromatic rings. The van der Waals surface area contributed by atoms with Crippen molar-refractivity contribution in [3.8, 4) is 22.9 Å². The Kier molecular flexibility index (Phi) is 6.63. The van der Waals surface area contributed by atoms with Crippen molar-refractivity contribution >= 4 is 11.8 Å². The van der Waals surface area contributed by atoms with E-state index in [1.54, 1.807) is 0 Å². The van der Waals surface area contributed by atoms with Gasteiger partial charge in [-0.3, -0.25) is 4.57 Å². The van der Waals surface area contributed by atoms with Crippen molar-refractivity contribution in [3.05, 3.63) is 102 Å². The van der Waals surface area contributed by atoms with E-state index in [2.05, 4.69) is 20.4 Å². The second kappa shape index (κ2) is 10.1. The Hall–Kier alpha value is -3.91. The van der Waals surface area contributed by atoms with Crippen molar-refractivity contribution in [3.63, 3.8) is 0 Å². The molecular weight excluding hydrogens is 458 g/mol. The molecular formula is C27H25N5O2S. The smallest absolute Gasteiger partial charge is 0.247 e. The molecule has 5 rings (SSSR count). The van der Waals surface area contributed by atoms with Crippen LogP contribution in [0.3, 0.4) is 0 Å². The van der Waals surface area contributed by atoms with Crippen LogP contribution in [0.25, 0.3) is 17.1 Å². The van der Waals surface area contributed by atoms with E-state index in [1.807, 2.05) is 104 Å². The van der Waals surface area contributed by atoms with E-state index in [-0.39, 0.29) is 5.25 Å². The van der Waals surface area contributed by atoms with Crippen LogP contribution < -0.4 is 4.74 Å². The normalized spacial score (nSPS) is 12.0. The maximum absolute atomic E-state index is 6.08. The molecule has 176 valence electrons. The van der Waals surface area contributed by atoms with Crippen LogP contribution >= 0.6 is 11.8 Å². The summed E-state index contributed by atoms with van der Waals surface area (Å²) < 4.78 is 14.1. The van der Waals surface area contributed by atoms with E-state index in [0.29, 0.717) is 24.2 Å². The number of ether oxygens (including phenoxy) is 1. The highest BCUT2D eigenvalue weighted by molar-refractivity contribution is 7.99. The zero-order valence-corrected chi connectivity index (χ0v) is 20.6. The van der Waals surface area contributed by atoms with Gasteiger partial charge in [-0.2, -0.15) is 0 Å². The molecule has 0 aliphatic rings. The maximum atomic E-state index is 6.08. The third kappa shape index (κ3) is 5.12. The summed E-state index contributed by atoms with van der Waals surface area (Å²) in [6, 6.07) is 26.0. The molecule has 0 aliphatic heterocycles. The van der Waals surface area contributed by atoms with E-state index in [4.69, 9.17) is 9.15 Å². The number of benzene rings is 3. The van der Waals surface area contributed by atoms with Gasteiger partial charge in [-0.25, -0.2) is 0 Å². The molecule has 0 aliphatic carbocycles. The summed E-state index contributed by atoms with van der Waals surface area (Å²) in [6.07, 6.45) is 0. The van der Waals surface area contributed by atoms with Crippen molar-refractivity contribution in [1.29, 1.82) is 0 Å². The SMILES string of the molecule is Cc1cccc(-c2nnc(C(C)Sc3nnc(COc4ccccc4C)n3-c3ccccc3)o2)c1. The molecule has 0 fully saturated rings. The van der Waals surface area contributed by atoms with Crippen molar-refractivity contribution in [2.24, 2.45) is 0 Å². The molecule has 8 heteroatoms. The predicted molar refractivity (Wildman–Crippen MR) is 136 cm³/mol. The van der Waals surface area contributed by atoms with Crippen LogP contribution in [0, 0.1) is 13.8 Å². The van der Waals surface area contributed by atoms with E-state index in [0.717, 1.165) is 33.3 Å². The largest absolute Gasteiger partial charge is 0.485 e. The fourth-order valence-electron chi connectivity index (χ4n) is 3.67. The van der Waals surface area contributed by atoms with Crippen molar-refractivity contribution < 1.29 is 9.15 Å². The number of hydrogen-bond donors (Lipinski definition) is 0. The number of hydrogen-bond acceptors (Lipinski definition) is 7. The number of aromatic nitrogens is 5. The van der Waals surface area contributed by atoms with E-state index in [9.17, 15) is 0 Å². The topological polar surface area (TPSA) is 78.9 Å². The molecule has 35 heavy (non-hydrogen) atoms. The predicted octanol–water partition coefficient (Wildman–Crippen LogP) is 6.37. The highest BCUT2D eigenvalue weighted by atomic mass is 32.2. The van der Waals surface area contributed by atoms with Gasteiger partial charge in [0.25, 0.3) is 0 Å². The quantitative estimate of drug-likeness (QED) is 0.237. The summed E-state index contributed by atoms with van der Waals surface area (Å²) in [6.45, 7) is 6.37. The third-order valence-corrected chi connectivity index (χ3v) is 6.53. The molecule has 0 saturated heterocycles. The first-order chi connectivity index (χ1) is 17.1. The molecule has 2 heterocycles. The average molecular weight is 484 g/mol. The van der Waals surface area contributed by atoms with Gasteiger partial charge < -0.3 is 9.15 Å². The lowest BCUT2D eigenvalue weighted by Gasteiger charge is -2.13. The molecule has 2 aromatic heterocycles. The highest BCUT2D eigenvalue weighted by Crippen LogP contribution is 2.36. The van der Waals surface area contributed by atoms with E-state index in [1.165, 1.54) is 11.8 Å². The molecule has 0 amide bonds. The molecule has 7 nitrogen and oxygen atoms in total. The van der Waals surface area contributed by atoms with Gasteiger partial charge in [0.05, 0.1) is 5.25 Å². The number of aryl methyl sites for hydroxylation is 2. The lowest BCUT2D eigenvalue weighted by atomic mass is 10.1. The molecule has 0 spiro atoms. The Morgan fingerprint density at radius 1 is 0.886 bits per heavy atom. The zero-order chi connectivity index (χ0) is 24.2. The Bertz CT molecular complexity index is 1430. The average Bonchev–Trinajstić information content (AvgIpc) is 3.52. The standard InChI is InChI=1S/C27H25N5O2S/c1-18-10-9-12-21(16-18)26-30-29-25(34-26)20(3)35-27-31-28-24(32(27)22-13-5-4-6-14-22)17-33-23-15-8-7-11-19(23)2/h4-16,20H,17H2,1-3H3. The lowest BCUT2D eigenvalue weighted by molar-refractivity contribution is 0.291. The van der Waals surface area contributed by atoms with Crippen LogP contribution in [0.15, 0.2) is 88.4 Å². The van der Waals surface area contributed by atoms with E-state index < -0.39 is 0 Å². The minimum absolute atomic E-state index is 0.127. The summed E-state index contributed by atoms with van der Waals surface area (Å²) in [5.41, 5.74) is 4.08. The second-order valence-corrected chi connectivity index (χ2v) is 9.51. The summed E-state index contributed by atoms with van der Waals surface area (Å²) in [5, 5.41) is 18.1. The van der Waals surface area contributed by atoms with Gasteiger partial charge in [0.1, 0.15) is 12.4 Å². The molecule has 1 unspecified atom stereocenters. The van der Waals surface area contributed by atoms with Gasteiger partial charge in [0, 0.05) is 11.3 Å². The molecule has 1 atom stereocenters. The first-order valence-corrected chi connectivity index (χ1v) is 12.2. The fraction of sp³-hybridized carbons (Fsp3) is 0.185. The van der Waals surface area contributed by atoms with Crippen molar-refractivity contribution in [2.45, 2.75) is 37.8 Å². The summed E-state index contributed by atoms with van der Waals surface area (Å²) in [5.74, 6) is 2.58. The Labute approximate surface area is 208 Å². The molecule has 0 saturated carbocycles. The minimum atomic E-state index is -0.127. The van der Waals surface area contributed by atoms with Gasteiger partial charge >= 0.3 is 0 Å². The number of para-hydroxylation sites is 2. The van der Waals surface area contributed by atoms with Crippen LogP contribution in [-0.4, -0.2) is 25.0 Å². The van der Waals surface area contributed by atoms with Crippen LogP contribution in [0.4, 0.5) is 0 Å². The van der Waals surface area contributed by atoms with Gasteiger partial charge in [0.15, 0.2) is 11.0 Å². The van der Waals surface area contributed by atoms with Crippen LogP contribution in [-0.2, 0) is 6.61 Å². The molecule has 0 N–H and O–H groups in total. The van der Waals surface area contributed by atoms with Gasteiger partial charge in [-0.15, -0.1) is 20.4 Å². The minimum Gasteiger partial charge on any atom is -0.485 e. The monoisotopic (exact) mass is 483 g/mol. The lowest BCUT2D eigenvalue weighted by Crippen LogP contribution is -2.07. The zero-order valence-electron chi connectivity index (χ0n) is 19.8. The van der Waals surface area contributed by atoms with Crippen LogP contribution in [0.2, 0.25) is 0 Å². The van der Waals surface area contributed by atoms with Gasteiger partial charge in [-0.1, -0.05) is 65.9 Å². The first kappa shape index (κ1) is 22.9. The molecule has 3 aromatic carbocycles. The second-order valence-electron chi connectivity index (χ2n) is 8.20. The van der Waals surface area contributed by atoms with Crippen LogP contribution in [0.5, 0.6) is 5.75 Å². The Morgan fingerprint density at radius 3 is 2.49 bits per heavy atom. The van der Waals surface area contributed by atoms with Gasteiger partial charge in [0.2, 0.25) is 11.8 Å². The van der Waals surface area contributed by atoms with Crippen molar-refractivity contribution in [2.75, 3.05) is 0 Å². The van der Waals surface area contributed by atoms with Gasteiger partial charge in [-0.05, 0) is 56.7 Å². The summed E-state index contributed by atoms with van der Waals surface area (Å²) in [4.78, 5) is 0. The maximum Gasteiger partial charge on any atom is 0.247 e. The number of thioether (sulfide) groups is 1. The summed E-state index contributed by atoms with van der Waals surface area (Å²) >= 11 is 1.51. The summed E-state index contributed by atoms with van der Waals surface area (Å²) in [7, 11) is 0. The fourth-order valence-corrected chi connectivity index (χ4v) is 4.59. The number of rotatable bonds is 8. The van der Waals surface area contributed by atoms with Crippen LogP contribution in [0.1, 0.15) is 35.0 Å².